The zero-order valence-corrected chi connectivity index (χ0v) is 12.5. The van der Waals surface area contributed by atoms with Crippen LogP contribution in [0.1, 0.15) is 19.8 Å². The van der Waals surface area contributed by atoms with E-state index in [1.54, 1.807) is 0 Å². The highest BCUT2D eigenvalue weighted by molar-refractivity contribution is 7.89. The van der Waals surface area contributed by atoms with E-state index in [0.717, 1.165) is 16.8 Å². The van der Waals surface area contributed by atoms with Gasteiger partial charge in [0.2, 0.25) is 10.0 Å². The maximum Gasteiger partial charge on any atom is 0.243 e. The van der Waals surface area contributed by atoms with Crippen molar-refractivity contribution in [3.8, 4) is 5.75 Å². The summed E-state index contributed by atoms with van der Waals surface area (Å²) in [7, 11) is -2.49. The number of hydrogen-bond acceptors (Lipinski definition) is 4. The van der Waals surface area contributed by atoms with Crippen LogP contribution in [0.2, 0.25) is 0 Å². The Bertz CT molecular complexity index is 533. The number of unbranched alkanes of at least 4 members (excludes halogenated alkanes) is 1. The fourth-order valence-electron chi connectivity index (χ4n) is 1.75. The van der Waals surface area contributed by atoms with Crippen LogP contribution >= 0.6 is 0 Å². The highest BCUT2D eigenvalue weighted by atomic mass is 32.2. The first-order valence-electron chi connectivity index (χ1n) is 6.42. The normalized spacial score (nSPS) is 11.8. The van der Waals surface area contributed by atoms with Crippen LogP contribution < -0.4 is 4.74 Å². The number of rotatable bonds is 8. The van der Waals surface area contributed by atoms with E-state index in [2.05, 4.69) is 0 Å². The quantitative estimate of drug-likeness (QED) is 0.792. The molecule has 20 heavy (non-hydrogen) atoms. The number of aliphatic hydroxyl groups excluding tert-OH is 1. The van der Waals surface area contributed by atoms with Crippen LogP contribution in [0.4, 0.5) is 4.39 Å². The first kappa shape index (κ1) is 16.9. The highest BCUT2D eigenvalue weighted by Gasteiger charge is 2.24. The van der Waals surface area contributed by atoms with Crippen LogP contribution in [0.3, 0.4) is 0 Å². The Kier molecular flexibility index (Phi) is 6.38. The molecule has 1 N–H and O–H groups in total. The Morgan fingerprint density at radius 3 is 2.55 bits per heavy atom. The summed E-state index contributed by atoms with van der Waals surface area (Å²) in [5, 5.41) is 8.98. The molecule has 0 unspecified atom stereocenters. The van der Waals surface area contributed by atoms with Crippen molar-refractivity contribution >= 4 is 10.0 Å². The fraction of sp³-hybridized carbons (Fsp3) is 0.538. The molecule has 0 spiro atoms. The molecule has 0 saturated heterocycles. The van der Waals surface area contributed by atoms with E-state index in [-0.39, 0.29) is 23.8 Å². The minimum absolute atomic E-state index is 0.00399. The smallest absolute Gasteiger partial charge is 0.243 e. The third kappa shape index (κ3) is 3.91. The second kappa shape index (κ2) is 7.56. The summed E-state index contributed by atoms with van der Waals surface area (Å²) in [5.41, 5.74) is 0. The molecule has 1 rings (SSSR count). The lowest BCUT2D eigenvalue weighted by Crippen LogP contribution is -2.34. The molecule has 114 valence electrons. The number of hydrogen-bond donors (Lipinski definition) is 1. The van der Waals surface area contributed by atoms with Gasteiger partial charge in [-0.05, 0) is 24.6 Å². The molecule has 0 radical (unpaired) electrons. The monoisotopic (exact) mass is 305 g/mol. The summed E-state index contributed by atoms with van der Waals surface area (Å²) in [4.78, 5) is -0.139. The van der Waals surface area contributed by atoms with Gasteiger partial charge in [-0.1, -0.05) is 13.3 Å². The van der Waals surface area contributed by atoms with Gasteiger partial charge in [0.05, 0.1) is 18.6 Å². The van der Waals surface area contributed by atoms with Crippen molar-refractivity contribution in [3.63, 3.8) is 0 Å². The zero-order chi connectivity index (χ0) is 15.2. The van der Waals surface area contributed by atoms with Gasteiger partial charge in [-0.25, -0.2) is 12.8 Å². The van der Waals surface area contributed by atoms with Gasteiger partial charge in [-0.15, -0.1) is 0 Å². The van der Waals surface area contributed by atoms with Gasteiger partial charge in [-0.2, -0.15) is 4.31 Å². The molecule has 1 aromatic carbocycles. The number of benzene rings is 1. The molecule has 0 aliphatic carbocycles. The number of halogens is 1. The van der Waals surface area contributed by atoms with Crippen molar-refractivity contribution in [2.45, 2.75) is 24.7 Å². The van der Waals surface area contributed by atoms with E-state index >= 15 is 0 Å². The number of ether oxygens (including phenoxy) is 1. The standard InChI is InChI=1S/C13H20FNO4S/c1-3-4-7-15(8-9-16)20(17,18)11-5-6-13(19-2)12(14)10-11/h5-6,10,16H,3-4,7-9H2,1-2H3. The van der Waals surface area contributed by atoms with E-state index < -0.39 is 15.8 Å². The summed E-state index contributed by atoms with van der Waals surface area (Å²) < 4.78 is 44.3. The van der Waals surface area contributed by atoms with E-state index in [0.29, 0.717) is 13.0 Å². The van der Waals surface area contributed by atoms with Crippen molar-refractivity contribution in [1.82, 2.24) is 4.31 Å². The summed E-state index contributed by atoms with van der Waals surface area (Å²) in [6.07, 6.45) is 1.51. The molecule has 7 heteroatoms. The van der Waals surface area contributed by atoms with Gasteiger partial charge >= 0.3 is 0 Å². The first-order chi connectivity index (χ1) is 9.47. The van der Waals surface area contributed by atoms with E-state index in [4.69, 9.17) is 9.84 Å². The second-order valence-electron chi connectivity index (χ2n) is 4.28. The molecule has 0 aliphatic heterocycles. The predicted molar refractivity (Wildman–Crippen MR) is 73.7 cm³/mol. The lowest BCUT2D eigenvalue weighted by atomic mass is 10.3. The first-order valence-corrected chi connectivity index (χ1v) is 7.86. The van der Waals surface area contributed by atoms with E-state index in [1.807, 2.05) is 6.92 Å². The van der Waals surface area contributed by atoms with Crippen molar-refractivity contribution in [3.05, 3.63) is 24.0 Å². The highest BCUT2D eigenvalue weighted by Crippen LogP contribution is 2.23. The van der Waals surface area contributed by atoms with Gasteiger partial charge in [-0.3, -0.25) is 0 Å². The molecule has 0 amide bonds. The van der Waals surface area contributed by atoms with Crippen LogP contribution in [0.15, 0.2) is 23.1 Å². The predicted octanol–water partition coefficient (Wildman–Crippen LogP) is 1.62. The van der Waals surface area contributed by atoms with Crippen LogP contribution in [-0.4, -0.2) is 44.6 Å². The third-order valence-corrected chi connectivity index (χ3v) is 4.77. The molecular weight excluding hydrogens is 285 g/mol. The minimum atomic E-state index is -3.81. The van der Waals surface area contributed by atoms with Crippen molar-refractivity contribution < 1.29 is 22.7 Å². The molecule has 0 fully saturated rings. The van der Waals surface area contributed by atoms with Crippen LogP contribution in [0, 0.1) is 5.82 Å². The largest absolute Gasteiger partial charge is 0.494 e. The van der Waals surface area contributed by atoms with Crippen molar-refractivity contribution in [1.29, 1.82) is 0 Å². The Hall–Kier alpha value is -1.18. The number of methoxy groups -OCH3 is 1. The van der Waals surface area contributed by atoms with Gasteiger partial charge in [0.15, 0.2) is 11.6 Å². The Balaban J connectivity index is 3.08. The maximum absolute atomic E-state index is 13.6. The van der Waals surface area contributed by atoms with Crippen LogP contribution in [-0.2, 0) is 10.0 Å². The average Bonchev–Trinajstić information content (AvgIpc) is 2.43. The molecule has 0 bridgehead atoms. The second-order valence-corrected chi connectivity index (χ2v) is 6.22. The number of aliphatic hydroxyl groups is 1. The molecule has 0 heterocycles. The van der Waals surface area contributed by atoms with Gasteiger partial charge in [0.25, 0.3) is 0 Å². The Labute approximate surface area is 119 Å². The molecule has 0 aliphatic rings. The fourth-order valence-corrected chi connectivity index (χ4v) is 3.24. The molecule has 0 atom stereocenters. The summed E-state index contributed by atoms with van der Waals surface area (Å²) in [6, 6.07) is 3.51. The average molecular weight is 305 g/mol. The third-order valence-electron chi connectivity index (χ3n) is 2.87. The molecule has 0 aromatic heterocycles. The zero-order valence-electron chi connectivity index (χ0n) is 11.7. The molecule has 0 saturated carbocycles. The maximum atomic E-state index is 13.6. The van der Waals surface area contributed by atoms with Crippen molar-refractivity contribution in [2.75, 3.05) is 26.8 Å². The SMILES string of the molecule is CCCCN(CCO)S(=O)(=O)c1ccc(OC)c(F)c1. The lowest BCUT2D eigenvalue weighted by Gasteiger charge is -2.21. The van der Waals surface area contributed by atoms with Gasteiger partial charge < -0.3 is 9.84 Å². The topological polar surface area (TPSA) is 66.8 Å². The Morgan fingerprint density at radius 1 is 1.35 bits per heavy atom. The van der Waals surface area contributed by atoms with E-state index in [9.17, 15) is 12.8 Å². The lowest BCUT2D eigenvalue weighted by molar-refractivity contribution is 0.252. The number of sulfonamides is 1. The van der Waals surface area contributed by atoms with Crippen molar-refractivity contribution in [2.24, 2.45) is 0 Å². The van der Waals surface area contributed by atoms with E-state index in [1.165, 1.54) is 19.2 Å². The Morgan fingerprint density at radius 2 is 2.05 bits per heavy atom. The molecule has 5 nitrogen and oxygen atoms in total. The molecule has 1 aromatic rings. The summed E-state index contributed by atoms with van der Waals surface area (Å²) >= 11 is 0. The minimum Gasteiger partial charge on any atom is -0.494 e. The van der Waals surface area contributed by atoms with Crippen LogP contribution in [0.25, 0.3) is 0 Å². The summed E-state index contributed by atoms with van der Waals surface area (Å²) in [6.45, 7) is 1.96. The van der Waals surface area contributed by atoms with Gasteiger partial charge in [0, 0.05) is 13.1 Å². The van der Waals surface area contributed by atoms with Crippen LogP contribution in [0.5, 0.6) is 5.75 Å². The number of nitrogens with zero attached hydrogens (tertiary/aromatic N) is 1. The summed E-state index contributed by atoms with van der Waals surface area (Å²) in [5.74, 6) is -0.737. The molecular formula is C13H20FNO4S. The van der Waals surface area contributed by atoms with Gasteiger partial charge in [0.1, 0.15) is 0 Å².